The second kappa shape index (κ2) is 6.58. The Morgan fingerprint density at radius 1 is 1.13 bits per heavy atom. The standard InChI is InChI=1S/C17H13FN2O2S/c1-11-15(12-7-9-13(18)10-8-12)19-16(23-11)20-17(21)22-14-5-3-2-4-6-14/h2-10H,1H3,(H,19,20,21). The normalized spacial score (nSPS) is 10.3. The molecule has 6 heteroatoms. The number of nitrogens with zero attached hydrogens (tertiary/aromatic N) is 1. The van der Waals surface area contributed by atoms with Gasteiger partial charge in [-0.1, -0.05) is 18.2 Å². The predicted octanol–water partition coefficient (Wildman–Crippen LogP) is 4.87. The van der Waals surface area contributed by atoms with E-state index in [1.807, 2.05) is 13.0 Å². The van der Waals surface area contributed by atoms with E-state index in [4.69, 9.17) is 4.74 Å². The molecule has 0 aliphatic rings. The lowest BCUT2D eigenvalue weighted by Gasteiger charge is -2.03. The lowest BCUT2D eigenvalue weighted by Crippen LogP contribution is -2.16. The molecule has 116 valence electrons. The number of thiazole rings is 1. The summed E-state index contributed by atoms with van der Waals surface area (Å²) >= 11 is 1.34. The summed E-state index contributed by atoms with van der Waals surface area (Å²) < 4.78 is 18.2. The van der Waals surface area contributed by atoms with Crippen LogP contribution in [0, 0.1) is 12.7 Å². The molecule has 4 nitrogen and oxygen atoms in total. The molecule has 0 saturated heterocycles. The van der Waals surface area contributed by atoms with Crippen LogP contribution in [-0.2, 0) is 0 Å². The van der Waals surface area contributed by atoms with Gasteiger partial charge in [-0.25, -0.2) is 14.2 Å². The van der Waals surface area contributed by atoms with Gasteiger partial charge in [0.2, 0.25) is 0 Å². The third-order valence-electron chi connectivity index (χ3n) is 3.08. The molecule has 0 atom stereocenters. The minimum atomic E-state index is -0.601. The summed E-state index contributed by atoms with van der Waals surface area (Å²) in [6.45, 7) is 1.89. The first-order valence-electron chi connectivity index (χ1n) is 6.89. The van der Waals surface area contributed by atoms with Crippen molar-refractivity contribution in [1.82, 2.24) is 4.98 Å². The van der Waals surface area contributed by atoms with Crippen LogP contribution in [0.15, 0.2) is 54.6 Å². The molecule has 0 aliphatic heterocycles. The number of aryl methyl sites for hydroxylation is 1. The SMILES string of the molecule is Cc1sc(NC(=O)Oc2ccccc2)nc1-c1ccc(F)cc1. The number of aromatic nitrogens is 1. The molecule has 0 aliphatic carbocycles. The van der Waals surface area contributed by atoms with Gasteiger partial charge in [-0.3, -0.25) is 5.32 Å². The highest BCUT2D eigenvalue weighted by molar-refractivity contribution is 7.16. The number of ether oxygens (including phenoxy) is 1. The molecule has 1 amide bonds. The fourth-order valence-corrected chi connectivity index (χ4v) is 2.86. The number of carbonyl (C=O) groups excluding carboxylic acids is 1. The van der Waals surface area contributed by atoms with Crippen LogP contribution in [0.1, 0.15) is 4.88 Å². The van der Waals surface area contributed by atoms with Crippen LogP contribution in [0.2, 0.25) is 0 Å². The lowest BCUT2D eigenvalue weighted by molar-refractivity contribution is 0.215. The average Bonchev–Trinajstić information content (AvgIpc) is 2.89. The number of amides is 1. The van der Waals surface area contributed by atoms with Crippen LogP contribution in [-0.4, -0.2) is 11.1 Å². The van der Waals surface area contributed by atoms with Crippen molar-refractivity contribution >= 4 is 22.6 Å². The van der Waals surface area contributed by atoms with Gasteiger partial charge >= 0.3 is 6.09 Å². The Hall–Kier alpha value is -2.73. The van der Waals surface area contributed by atoms with E-state index >= 15 is 0 Å². The minimum absolute atomic E-state index is 0.300. The van der Waals surface area contributed by atoms with Crippen LogP contribution in [0.4, 0.5) is 14.3 Å². The molecular weight excluding hydrogens is 315 g/mol. The number of para-hydroxylation sites is 1. The number of hydrogen-bond donors (Lipinski definition) is 1. The number of rotatable bonds is 3. The van der Waals surface area contributed by atoms with Crippen LogP contribution in [0.25, 0.3) is 11.3 Å². The maximum Gasteiger partial charge on any atom is 0.418 e. The van der Waals surface area contributed by atoms with E-state index in [1.165, 1.54) is 23.5 Å². The predicted molar refractivity (Wildman–Crippen MR) is 88.3 cm³/mol. The minimum Gasteiger partial charge on any atom is -0.410 e. The van der Waals surface area contributed by atoms with Gasteiger partial charge in [0, 0.05) is 10.4 Å². The molecule has 3 rings (SSSR count). The second-order valence-electron chi connectivity index (χ2n) is 4.76. The molecule has 1 heterocycles. The van der Waals surface area contributed by atoms with Gasteiger partial charge in [-0.05, 0) is 43.3 Å². The van der Waals surface area contributed by atoms with Crippen molar-refractivity contribution in [1.29, 1.82) is 0 Å². The summed E-state index contributed by atoms with van der Waals surface area (Å²) in [5.41, 5.74) is 1.51. The molecule has 0 unspecified atom stereocenters. The summed E-state index contributed by atoms with van der Waals surface area (Å²) in [5.74, 6) is 0.156. The zero-order valence-electron chi connectivity index (χ0n) is 12.2. The third kappa shape index (κ3) is 3.73. The monoisotopic (exact) mass is 328 g/mol. The van der Waals surface area contributed by atoms with E-state index in [1.54, 1.807) is 36.4 Å². The molecule has 23 heavy (non-hydrogen) atoms. The first kappa shape index (κ1) is 15.2. The van der Waals surface area contributed by atoms with Gasteiger partial charge in [0.1, 0.15) is 11.6 Å². The zero-order valence-corrected chi connectivity index (χ0v) is 13.1. The van der Waals surface area contributed by atoms with E-state index < -0.39 is 6.09 Å². The maximum absolute atomic E-state index is 13.0. The van der Waals surface area contributed by atoms with Gasteiger partial charge < -0.3 is 4.74 Å². The number of benzene rings is 2. The molecule has 2 aromatic carbocycles. The van der Waals surface area contributed by atoms with Gasteiger partial charge in [0.15, 0.2) is 5.13 Å². The Kier molecular flexibility index (Phi) is 4.34. The first-order valence-corrected chi connectivity index (χ1v) is 7.71. The van der Waals surface area contributed by atoms with E-state index in [0.717, 1.165) is 10.4 Å². The van der Waals surface area contributed by atoms with Crippen molar-refractivity contribution in [2.24, 2.45) is 0 Å². The third-order valence-corrected chi connectivity index (χ3v) is 3.96. The van der Waals surface area contributed by atoms with E-state index in [-0.39, 0.29) is 5.82 Å². The van der Waals surface area contributed by atoms with E-state index in [0.29, 0.717) is 16.6 Å². The molecule has 0 bridgehead atoms. The quantitative estimate of drug-likeness (QED) is 0.746. The highest BCUT2D eigenvalue weighted by Gasteiger charge is 2.13. The van der Waals surface area contributed by atoms with Crippen molar-refractivity contribution in [2.45, 2.75) is 6.92 Å². The van der Waals surface area contributed by atoms with Crippen LogP contribution < -0.4 is 10.1 Å². The summed E-state index contributed by atoms with van der Waals surface area (Å²) in [6, 6.07) is 14.9. The number of carbonyl (C=O) groups is 1. The molecule has 0 spiro atoms. The van der Waals surface area contributed by atoms with Crippen LogP contribution >= 0.6 is 11.3 Å². The van der Waals surface area contributed by atoms with E-state index in [2.05, 4.69) is 10.3 Å². The van der Waals surface area contributed by atoms with Crippen LogP contribution in [0.3, 0.4) is 0 Å². The van der Waals surface area contributed by atoms with Gasteiger partial charge in [-0.2, -0.15) is 0 Å². The van der Waals surface area contributed by atoms with E-state index in [9.17, 15) is 9.18 Å². The summed E-state index contributed by atoms with van der Waals surface area (Å²) in [6.07, 6.45) is -0.601. The first-order chi connectivity index (χ1) is 11.1. The molecular formula is C17H13FN2O2S. The smallest absolute Gasteiger partial charge is 0.410 e. The van der Waals surface area contributed by atoms with Crippen molar-refractivity contribution in [3.63, 3.8) is 0 Å². The zero-order chi connectivity index (χ0) is 16.2. The van der Waals surface area contributed by atoms with Crippen molar-refractivity contribution in [2.75, 3.05) is 5.32 Å². The highest BCUT2D eigenvalue weighted by Crippen LogP contribution is 2.30. The molecule has 3 aromatic rings. The van der Waals surface area contributed by atoms with Crippen molar-refractivity contribution in [3.05, 3.63) is 65.3 Å². The molecule has 1 aromatic heterocycles. The molecule has 1 N–H and O–H groups in total. The molecule has 0 fully saturated rings. The summed E-state index contributed by atoms with van der Waals surface area (Å²) in [4.78, 5) is 17.2. The molecule has 0 radical (unpaired) electrons. The maximum atomic E-state index is 13.0. The fourth-order valence-electron chi connectivity index (χ4n) is 2.03. The summed E-state index contributed by atoms with van der Waals surface area (Å²) in [7, 11) is 0. The number of nitrogens with one attached hydrogen (secondary N) is 1. The highest BCUT2D eigenvalue weighted by atomic mass is 32.1. The van der Waals surface area contributed by atoms with Crippen molar-refractivity contribution < 1.29 is 13.9 Å². The Balaban J connectivity index is 1.73. The van der Waals surface area contributed by atoms with Gasteiger partial charge in [-0.15, -0.1) is 11.3 Å². The van der Waals surface area contributed by atoms with Gasteiger partial charge in [0.05, 0.1) is 5.69 Å². The number of hydrogen-bond acceptors (Lipinski definition) is 4. The average molecular weight is 328 g/mol. The second-order valence-corrected chi connectivity index (χ2v) is 5.96. The molecule has 0 saturated carbocycles. The fraction of sp³-hybridized carbons (Fsp3) is 0.0588. The lowest BCUT2D eigenvalue weighted by atomic mass is 10.1. The number of anilines is 1. The Labute approximate surface area is 136 Å². The topological polar surface area (TPSA) is 51.2 Å². The van der Waals surface area contributed by atoms with Crippen molar-refractivity contribution in [3.8, 4) is 17.0 Å². The summed E-state index contributed by atoms with van der Waals surface area (Å²) in [5, 5.41) is 3.04. The Morgan fingerprint density at radius 3 is 2.52 bits per heavy atom. The largest absolute Gasteiger partial charge is 0.418 e. The Bertz CT molecular complexity index is 816. The Morgan fingerprint density at radius 2 is 1.83 bits per heavy atom. The van der Waals surface area contributed by atoms with Crippen LogP contribution in [0.5, 0.6) is 5.75 Å². The number of halogens is 1. The van der Waals surface area contributed by atoms with Gasteiger partial charge in [0.25, 0.3) is 0 Å².